The molecule has 2 nitrogen and oxygen atoms in total. The fourth-order valence-electron chi connectivity index (χ4n) is 3.78. The summed E-state index contributed by atoms with van der Waals surface area (Å²) in [6.07, 6.45) is 3.20. The lowest BCUT2D eigenvalue weighted by Gasteiger charge is -2.30. The van der Waals surface area contributed by atoms with Gasteiger partial charge in [0.15, 0.2) is 0 Å². The molecule has 3 aromatic carbocycles. The monoisotopic (exact) mass is 402 g/mol. The topological polar surface area (TPSA) is 18.5 Å². The van der Waals surface area contributed by atoms with Crippen LogP contribution in [0, 0.1) is 0 Å². The van der Waals surface area contributed by atoms with E-state index in [0.717, 1.165) is 36.3 Å². The van der Waals surface area contributed by atoms with Crippen LogP contribution in [-0.2, 0) is 29.6 Å². The summed E-state index contributed by atoms with van der Waals surface area (Å²) in [5, 5.41) is 0. The number of benzene rings is 3. The molecule has 0 heterocycles. The summed E-state index contributed by atoms with van der Waals surface area (Å²) >= 11 is 0. The first-order chi connectivity index (χ1) is 14.6. The van der Waals surface area contributed by atoms with Crippen molar-refractivity contribution in [2.75, 3.05) is 6.61 Å². The Balaban J connectivity index is 1.65. The third-order valence-corrected chi connectivity index (χ3v) is 6.01. The molecule has 0 aliphatic rings. The molecule has 158 valence electrons. The molecule has 2 heteroatoms. The van der Waals surface area contributed by atoms with Gasteiger partial charge in [-0.1, -0.05) is 76.2 Å². The van der Waals surface area contributed by atoms with Gasteiger partial charge in [-0.15, -0.1) is 0 Å². The maximum Gasteiger partial charge on any atom is 0.127 e. The highest BCUT2D eigenvalue weighted by molar-refractivity contribution is 5.36. The normalized spacial score (nSPS) is 13.1. The molecular formula is C28H34O2. The van der Waals surface area contributed by atoms with E-state index in [-0.39, 0.29) is 5.41 Å². The van der Waals surface area contributed by atoms with Gasteiger partial charge in [0.05, 0.1) is 13.2 Å². The first kappa shape index (κ1) is 22.1. The van der Waals surface area contributed by atoms with Gasteiger partial charge in [0, 0.05) is 5.41 Å². The lowest BCUT2D eigenvalue weighted by molar-refractivity contribution is 0.0747. The van der Waals surface area contributed by atoms with E-state index in [1.54, 1.807) is 0 Å². The van der Waals surface area contributed by atoms with E-state index in [9.17, 15) is 0 Å². The molecule has 3 aromatic rings. The van der Waals surface area contributed by atoms with Crippen molar-refractivity contribution in [1.29, 1.82) is 0 Å². The SMILES string of the molecule is CCc1ccc(C(C)(CC)COCc2cccc(Oc3ccccc3)c2)cc1CC. The summed E-state index contributed by atoms with van der Waals surface area (Å²) in [6.45, 7) is 10.3. The molecule has 0 fully saturated rings. The predicted octanol–water partition coefficient (Wildman–Crippen LogP) is 7.49. The summed E-state index contributed by atoms with van der Waals surface area (Å²) in [5.41, 5.74) is 5.42. The van der Waals surface area contributed by atoms with Crippen molar-refractivity contribution in [3.63, 3.8) is 0 Å². The Labute approximate surface area is 181 Å². The molecule has 0 amide bonds. The van der Waals surface area contributed by atoms with Crippen molar-refractivity contribution in [1.82, 2.24) is 0 Å². The van der Waals surface area contributed by atoms with Gasteiger partial charge in [-0.2, -0.15) is 0 Å². The quantitative estimate of drug-likeness (QED) is 0.350. The van der Waals surface area contributed by atoms with Crippen LogP contribution in [0.2, 0.25) is 0 Å². The molecule has 0 saturated heterocycles. The van der Waals surface area contributed by atoms with Gasteiger partial charge in [0.1, 0.15) is 11.5 Å². The molecular weight excluding hydrogens is 368 g/mol. The van der Waals surface area contributed by atoms with Crippen molar-refractivity contribution >= 4 is 0 Å². The smallest absolute Gasteiger partial charge is 0.127 e. The Bertz CT molecular complexity index is 932. The highest BCUT2D eigenvalue weighted by Gasteiger charge is 2.25. The third kappa shape index (κ3) is 5.52. The van der Waals surface area contributed by atoms with Crippen LogP contribution in [-0.4, -0.2) is 6.61 Å². The van der Waals surface area contributed by atoms with Crippen molar-refractivity contribution in [3.05, 3.63) is 95.1 Å². The van der Waals surface area contributed by atoms with Gasteiger partial charge in [-0.05, 0) is 65.8 Å². The highest BCUT2D eigenvalue weighted by Crippen LogP contribution is 2.31. The number of rotatable bonds is 10. The van der Waals surface area contributed by atoms with Gasteiger partial charge in [0.2, 0.25) is 0 Å². The molecule has 0 N–H and O–H groups in total. The van der Waals surface area contributed by atoms with Gasteiger partial charge in [-0.25, -0.2) is 0 Å². The fraction of sp³-hybridized carbons (Fsp3) is 0.357. The van der Waals surface area contributed by atoms with Gasteiger partial charge in [-0.3, -0.25) is 0 Å². The number of hydrogen-bond acceptors (Lipinski definition) is 2. The van der Waals surface area contributed by atoms with Crippen LogP contribution in [0.15, 0.2) is 72.8 Å². The second-order valence-corrected chi connectivity index (χ2v) is 8.16. The van der Waals surface area contributed by atoms with E-state index in [4.69, 9.17) is 9.47 Å². The summed E-state index contributed by atoms with van der Waals surface area (Å²) in [5.74, 6) is 1.68. The summed E-state index contributed by atoms with van der Waals surface area (Å²) in [4.78, 5) is 0. The predicted molar refractivity (Wildman–Crippen MR) is 125 cm³/mol. The van der Waals surface area contributed by atoms with Crippen molar-refractivity contribution in [2.24, 2.45) is 0 Å². The molecule has 3 rings (SSSR count). The number of hydrogen-bond donors (Lipinski definition) is 0. The molecule has 0 radical (unpaired) electrons. The maximum atomic E-state index is 6.21. The number of aryl methyl sites for hydroxylation is 2. The van der Waals surface area contributed by atoms with Crippen LogP contribution in [0.3, 0.4) is 0 Å². The minimum atomic E-state index is 0.00827. The molecule has 1 atom stereocenters. The minimum Gasteiger partial charge on any atom is -0.457 e. The Morgan fingerprint density at radius 2 is 1.47 bits per heavy atom. The largest absolute Gasteiger partial charge is 0.457 e. The van der Waals surface area contributed by atoms with E-state index < -0.39 is 0 Å². The van der Waals surface area contributed by atoms with Crippen molar-refractivity contribution in [2.45, 2.75) is 59.0 Å². The van der Waals surface area contributed by atoms with Crippen LogP contribution in [0.4, 0.5) is 0 Å². The highest BCUT2D eigenvalue weighted by atomic mass is 16.5. The first-order valence-corrected chi connectivity index (χ1v) is 11.1. The summed E-state index contributed by atoms with van der Waals surface area (Å²) in [7, 11) is 0. The molecule has 0 aliphatic heterocycles. The Kier molecular flexibility index (Phi) is 7.70. The standard InChI is InChI=1S/C28H34O2/c1-5-23-16-17-25(19-24(23)6-2)28(4,7-3)21-29-20-22-12-11-15-27(18-22)30-26-13-9-8-10-14-26/h8-19H,5-7,20-21H2,1-4H3. The molecule has 1 unspecified atom stereocenters. The second kappa shape index (κ2) is 10.4. The van der Waals surface area contributed by atoms with Gasteiger partial charge in [0.25, 0.3) is 0 Å². The first-order valence-electron chi connectivity index (χ1n) is 11.1. The van der Waals surface area contributed by atoms with E-state index in [0.29, 0.717) is 13.2 Å². The van der Waals surface area contributed by atoms with Gasteiger partial charge < -0.3 is 9.47 Å². The van der Waals surface area contributed by atoms with E-state index >= 15 is 0 Å². The lowest BCUT2D eigenvalue weighted by Crippen LogP contribution is -2.27. The van der Waals surface area contributed by atoms with Crippen molar-refractivity contribution < 1.29 is 9.47 Å². The number of ether oxygens (including phenoxy) is 2. The minimum absolute atomic E-state index is 0.00827. The van der Waals surface area contributed by atoms with Crippen LogP contribution in [0.25, 0.3) is 0 Å². The molecule has 0 bridgehead atoms. The Morgan fingerprint density at radius 1 is 0.733 bits per heavy atom. The summed E-state index contributed by atoms with van der Waals surface area (Å²) in [6, 6.07) is 25.0. The molecule has 0 aromatic heterocycles. The molecule has 0 spiro atoms. The Hall–Kier alpha value is -2.58. The van der Waals surface area contributed by atoms with E-state index in [1.807, 2.05) is 42.5 Å². The zero-order valence-electron chi connectivity index (χ0n) is 18.8. The van der Waals surface area contributed by atoms with E-state index in [2.05, 4.69) is 58.0 Å². The van der Waals surface area contributed by atoms with Crippen LogP contribution in [0.5, 0.6) is 11.5 Å². The average molecular weight is 403 g/mol. The van der Waals surface area contributed by atoms with E-state index in [1.165, 1.54) is 16.7 Å². The van der Waals surface area contributed by atoms with Crippen LogP contribution < -0.4 is 4.74 Å². The third-order valence-electron chi connectivity index (χ3n) is 6.01. The van der Waals surface area contributed by atoms with Crippen LogP contribution >= 0.6 is 0 Å². The zero-order valence-corrected chi connectivity index (χ0v) is 18.8. The molecule has 0 aliphatic carbocycles. The summed E-state index contributed by atoms with van der Waals surface area (Å²) < 4.78 is 12.2. The molecule has 0 saturated carbocycles. The number of para-hydroxylation sites is 1. The molecule has 30 heavy (non-hydrogen) atoms. The Morgan fingerprint density at radius 3 is 2.17 bits per heavy atom. The maximum absolute atomic E-state index is 6.21. The lowest BCUT2D eigenvalue weighted by atomic mass is 9.79. The average Bonchev–Trinajstić information content (AvgIpc) is 2.79. The van der Waals surface area contributed by atoms with Crippen LogP contribution in [0.1, 0.15) is 56.4 Å². The second-order valence-electron chi connectivity index (χ2n) is 8.16. The van der Waals surface area contributed by atoms with Crippen molar-refractivity contribution in [3.8, 4) is 11.5 Å². The fourth-order valence-corrected chi connectivity index (χ4v) is 3.78. The zero-order chi connectivity index (χ0) is 21.4. The van der Waals surface area contributed by atoms with Gasteiger partial charge >= 0.3 is 0 Å².